The van der Waals surface area contributed by atoms with E-state index in [4.69, 9.17) is 0 Å². The first kappa shape index (κ1) is 16.1. The van der Waals surface area contributed by atoms with E-state index in [1.165, 1.54) is 5.57 Å². The standard InChI is InChI=1S/C19H28N2O3/c1-18-7-5-12(22)9-11(18)3-4-13-14(18)6-8-19(2)15(13)10-16(20-23)17(19)21-24/h3,12-15,22-24H,4-10H2,1-2H3/b20-16+,21-17-/t12-,13+,14-,15-,18-,19-/m0/s1. The Bertz CT molecular complexity index is 641. The average molecular weight is 332 g/mol. The van der Waals surface area contributed by atoms with Crippen LogP contribution in [0.4, 0.5) is 0 Å². The third-order valence-corrected chi connectivity index (χ3v) is 7.92. The molecule has 3 N–H and O–H groups in total. The number of aliphatic hydroxyl groups excluding tert-OH is 1. The van der Waals surface area contributed by atoms with Gasteiger partial charge in [-0.1, -0.05) is 35.8 Å². The largest absolute Gasteiger partial charge is 0.411 e. The van der Waals surface area contributed by atoms with Gasteiger partial charge in [0.25, 0.3) is 0 Å². The van der Waals surface area contributed by atoms with Crippen LogP contribution < -0.4 is 0 Å². The predicted molar refractivity (Wildman–Crippen MR) is 91.5 cm³/mol. The molecule has 0 aliphatic heterocycles. The first-order valence-electron chi connectivity index (χ1n) is 9.25. The molecule has 5 nitrogen and oxygen atoms in total. The second kappa shape index (κ2) is 5.32. The zero-order valence-corrected chi connectivity index (χ0v) is 14.6. The lowest BCUT2D eigenvalue weighted by molar-refractivity contribution is -0.0201. The maximum Gasteiger partial charge on any atom is 0.110 e. The Labute approximate surface area is 143 Å². The molecule has 3 saturated carbocycles. The fraction of sp³-hybridized carbons (Fsp3) is 0.789. The Balaban J connectivity index is 1.72. The summed E-state index contributed by atoms with van der Waals surface area (Å²) in [6.45, 7) is 4.56. The number of allylic oxidation sites excluding steroid dienone is 1. The van der Waals surface area contributed by atoms with E-state index < -0.39 is 0 Å². The lowest BCUT2D eigenvalue weighted by Crippen LogP contribution is -2.50. The van der Waals surface area contributed by atoms with E-state index in [9.17, 15) is 15.5 Å². The molecule has 0 aromatic heterocycles. The number of hydrogen-bond acceptors (Lipinski definition) is 5. The van der Waals surface area contributed by atoms with Crippen molar-refractivity contribution in [2.45, 2.75) is 64.9 Å². The topological polar surface area (TPSA) is 85.4 Å². The van der Waals surface area contributed by atoms with Crippen LogP contribution in [-0.4, -0.2) is 33.0 Å². The van der Waals surface area contributed by atoms with Crippen molar-refractivity contribution in [2.75, 3.05) is 0 Å². The maximum atomic E-state index is 10.1. The third kappa shape index (κ3) is 1.97. The molecule has 0 spiro atoms. The summed E-state index contributed by atoms with van der Waals surface area (Å²) in [4.78, 5) is 0. The first-order valence-corrected chi connectivity index (χ1v) is 9.25. The molecular formula is C19H28N2O3. The van der Waals surface area contributed by atoms with Crippen molar-refractivity contribution in [3.8, 4) is 0 Å². The number of fused-ring (bicyclic) bond motifs is 5. The molecular weight excluding hydrogens is 304 g/mol. The zero-order chi connectivity index (χ0) is 17.1. The van der Waals surface area contributed by atoms with Gasteiger partial charge in [0.2, 0.25) is 0 Å². The number of aliphatic hydroxyl groups is 1. The van der Waals surface area contributed by atoms with Gasteiger partial charge in [-0.2, -0.15) is 0 Å². The van der Waals surface area contributed by atoms with Gasteiger partial charge in [-0.15, -0.1) is 0 Å². The quantitative estimate of drug-likeness (QED) is 0.360. The SMILES string of the molecule is C[C@]12CC[C@H](O)CC1=CC[C@@H]1[C@@H]2CC[C@]2(C)C(=N\O)/C(=N/O)C[C@@H]12. The highest BCUT2D eigenvalue weighted by Gasteiger charge is 2.59. The highest BCUT2D eigenvalue weighted by Crippen LogP contribution is 2.63. The van der Waals surface area contributed by atoms with Crippen molar-refractivity contribution in [3.63, 3.8) is 0 Å². The molecule has 6 atom stereocenters. The third-order valence-electron chi connectivity index (χ3n) is 7.92. The molecule has 0 saturated heterocycles. The molecule has 4 aliphatic rings. The lowest BCUT2D eigenvalue weighted by atomic mass is 9.48. The summed E-state index contributed by atoms with van der Waals surface area (Å²) in [5, 5.41) is 35.8. The van der Waals surface area contributed by atoms with Crippen LogP contribution in [0.2, 0.25) is 0 Å². The van der Waals surface area contributed by atoms with Crippen LogP contribution in [0.5, 0.6) is 0 Å². The first-order chi connectivity index (χ1) is 11.4. The summed E-state index contributed by atoms with van der Waals surface area (Å²) in [6.07, 6.45) is 8.80. The van der Waals surface area contributed by atoms with Gasteiger partial charge in [0.1, 0.15) is 11.4 Å². The summed E-state index contributed by atoms with van der Waals surface area (Å²) < 4.78 is 0. The molecule has 0 aromatic rings. The van der Waals surface area contributed by atoms with Crippen molar-refractivity contribution < 1.29 is 15.5 Å². The number of nitrogens with zero attached hydrogens (tertiary/aromatic N) is 2. The second-order valence-corrected chi connectivity index (χ2v) is 8.81. The number of hydrogen-bond donors (Lipinski definition) is 3. The summed E-state index contributed by atoms with van der Waals surface area (Å²) in [5.74, 6) is 1.51. The van der Waals surface area contributed by atoms with Gasteiger partial charge in [0, 0.05) is 5.41 Å². The van der Waals surface area contributed by atoms with Gasteiger partial charge in [0.15, 0.2) is 0 Å². The number of rotatable bonds is 0. The van der Waals surface area contributed by atoms with Crippen LogP contribution in [0.25, 0.3) is 0 Å². The van der Waals surface area contributed by atoms with E-state index in [0.29, 0.717) is 35.6 Å². The predicted octanol–water partition coefficient (Wildman–Crippen LogP) is 3.58. The average Bonchev–Trinajstić information content (AvgIpc) is 2.87. The lowest BCUT2D eigenvalue weighted by Gasteiger charge is -2.56. The minimum absolute atomic E-state index is 0.178. The molecule has 4 rings (SSSR count). The Hall–Kier alpha value is -1.36. The molecule has 0 aromatic carbocycles. The fourth-order valence-electron chi connectivity index (χ4n) is 6.53. The van der Waals surface area contributed by atoms with Gasteiger partial charge in [0.05, 0.1) is 6.10 Å². The van der Waals surface area contributed by atoms with Crippen LogP contribution in [0, 0.1) is 28.6 Å². The van der Waals surface area contributed by atoms with Gasteiger partial charge >= 0.3 is 0 Å². The minimum Gasteiger partial charge on any atom is -0.411 e. The molecule has 5 heteroatoms. The van der Waals surface area contributed by atoms with Crippen LogP contribution in [0.15, 0.2) is 22.0 Å². The van der Waals surface area contributed by atoms with Gasteiger partial charge in [-0.3, -0.25) is 0 Å². The van der Waals surface area contributed by atoms with Crippen molar-refractivity contribution >= 4 is 11.4 Å². The van der Waals surface area contributed by atoms with Crippen molar-refractivity contribution in [1.82, 2.24) is 0 Å². The highest BCUT2D eigenvalue weighted by molar-refractivity contribution is 6.46. The second-order valence-electron chi connectivity index (χ2n) is 8.81. The Morgan fingerprint density at radius 2 is 1.75 bits per heavy atom. The highest BCUT2D eigenvalue weighted by atomic mass is 16.4. The van der Waals surface area contributed by atoms with E-state index in [-0.39, 0.29) is 16.9 Å². The molecule has 0 bridgehead atoms. The van der Waals surface area contributed by atoms with Crippen LogP contribution in [0.3, 0.4) is 0 Å². The molecule has 3 fully saturated rings. The molecule has 24 heavy (non-hydrogen) atoms. The molecule has 0 amide bonds. The van der Waals surface area contributed by atoms with E-state index in [1.54, 1.807) is 0 Å². The maximum absolute atomic E-state index is 10.1. The van der Waals surface area contributed by atoms with E-state index >= 15 is 0 Å². The normalized spacial score (nSPS) is 51.0. The van der Waals surface area contributed by atoms with E-state index in [2.05, 4.69) is 30.2 Å². The molecule has 0 radical (unpaired) electrons. The van der Waals surface area contributed by atoms with Crippen LogP contribution in [-0.2, 0) is 0 Å². The minimum atomic E-state index is -0.187. The molecule has 0 heterocycles. The summed E-state index contributed by atoms with van der Waals surface area (Å²) in [7, 11) is 0. The van der Waals surface area contributed by atoms with Crippen LogP contribution >= 0.6 is 0 Å². The molecule has 4 aliphatic carbocycles. The van der Waals surface area contributed by atoms with Crippen molar-refractivity contribution in [3.05, 3.63) is 11.6 Å². The van der Waals surface area contributed by atoms with E-state index in [1.807, 2.05) is 0 Å². The van der Waals surface area contributed by atoms with Gasteiger partial charge < -0.3 is 15.5 Å². The van der Waals surface area contributed by atoms with Gasteiger partial charge in [-0.05, 0) is 68.1 Å². The zero-order valence-electron chi connectivity index (χ0n) is 14.6. The monoisotopic (exact) mass is 332 g/mol. The smallest absolute Gasteiger partial charge is 0.110 e. The van der Waals surface area contributed by atoms with Crippen LogP contribution in [0.1, 0.15) is 58.8 Å². The molecule has 132 valence electrons. The summed E-state index contributed by atoms with van der Waals surface area (Å²) in [6, 6.07) is 0. The van der Waals surface area contributed by atoms with Gasteiger partial charge in [-0.25, -0.2) is 0 Å². The summed E-state index contributed by atoms with van der Waals surface area (Å²) >= 11 is 0. The Kier molecular flexibility index (Phi) is 3.57. The Morgan fingerprint density at radius 1 is 1.00 bits per heavy atom. The van der Waals surface area contributed by atoms with Crippen molar-refractivity contribution in [1.29, 1.82) is 0 Å². The summed E-state index contributed by atoms with van der Waals surface area (Å²) in [5.41, 5.74) is 2.61. The number of oxime groups is 2. The fourth-order valence-corrected chi connectivity index (χ4v) is 6.53. The Morgan fingerprint density at radius 3 is 2.46 bits per heavy atom. The molecule has 0 unspecified atom stereocenters. The van der Waals surface area contributed by atoms with E-state index in [0.717, 1.165) is 38.5 Å². The van der Waals surface area contributed by atoms with Crippen molar-refractivity contribution in [2.24, 2.45) is 38.9 Å².